The highest BCUT2D eigenvalue weighted by Crippen LogP contribution is 2.32. The number of hydrogen-bond donors (Lipinski definition) is 0. The topological polar surface area (TPSA) is 18.5 Å². The van der Waals surface area contributed by atoms with Gasteiger partial charge in [0.2, 0.25) is 0 Å². The van der Waals surface area contributed by atoms with E-state index >= 15 is 0 Å². The molecule has 2 atom stereocenters. The molecule has 0 spiro atoms. The molecule has 2 unspecified atom stereocenters. The normalized spacial score (nSPS) is 25.1. The Bertz CT molecular complexity index is 342. The van der Waals surface area contributed by atoms with E-state index in [0.29, 0.717) is 0 Å². The van der Waals surface area contributed by atoms with Gasteiger partial charge >= 0.3 is 0 Å². The molecule has 2 rings (SSSR count). The van der Waals surface area contributed by atoms with Gasteiger partial charge in [-0.15, -0.1) is 6.58 Å². The van der Waals surface area contributed by atoms with Crippen molar-refractivity contribution in [1.82, 2.24) is 0 Å². The summed E-state index contributed by atoms with van der Waals surface area (Å²) in [4.78, 5) is 0. The Morgan fingerprint density at radius 2 is 2.06 bits per heavy atom. The van der Waals surface area contributed by atoms with Crippen LogP contribution in [-0.2, 0) is 4.74 Å². The van der Waals surface area contributed by atoms with Gasteiger partial charge in [0.05, 0.1) is 19.3 Å². The molecule has 1 aliphatic heterocycles. The standard InChI is InChI=1S/C14H18O2/c1-3-12-5-4-6-14(16-12)11-7-9-13(15-2)10-8-11/h3,7-10,12,14H,1,4-6H2,2H3. The van der Waals surface area contributed by atoms with Crippen molar-refractivity contribution < 1.29 is 9.47 Å². The molecule has 2 heteroatoms. The third-order valence-corrected chi connectivity index (χ3v) is 3.04. The zero-order valence-corrected chi connectivity index (χ0v) is 9.69. The van der Waals surface area contributed by atoms with E-state index in [-0.39, 0.29) is 12.2 Å². The summed E-state index contributed by atoms with van der Waals surface area (Å²) in [6.45, 7) is 3.79. The average Bonchev–Trinajstić information content (AvgIpc) is 2.39. The van der Waals surface area contributed by atoms with E-state index in [9.17, 15) is 0 Å². The first-order valence-corrected chi connectivity index (χ1v) is 5.75. The molecule has 0 radical (unpaired) electrons. The van der Waals surface area contributed by atoms with Gasteiger partial charge in [-0.25, -0.2) is 0 Å². The summed E-state index contributed by atoms with van der Waals surface area (Å²) in [7, 11) is 1.68. The van der Waals surface area contributed by atoms with Gasteiger partial charge in [-0.05, 0) is 37.0 Å². The van der Waals surface area contributed by atoms with Gasteiger partial charge in [0, 0.05) is 0 Å². The maximum atomic E-state index is 5.94. The summed E-state index contributed by atoms with van der Waals surface area (Å²) in [6.07, 6.45) is 5.71. The summed E-state index contributed by atoms with van der Waals surface area (Å²) < 4.78 is 11.1. The quantitative estimate of drug-likeness (QED) is 0.723. The van der Waals surface area contributed by atoms with Gasteiger partial charge < -0.3 is 9.47 Å². The molecule has 1 aliphatic rings. The fourth-order valence-corrected chi connectivity index (χ4v) is 2.09. The molecule has 0 aliphatic carbocycles. The van der Waals surface area contributed by atoms with E-state index in [4.69, 9.17) is 9.47 Å². The Kier molecular flexibility index (Phi) is 3.62. The van der Waals surface area contributed by atoms with Crippen LogP contribution in [0.2, 0.25) is 0 Å². The molecule has 1 aromatic carbocycles. The van der Waals surface area contributed by atoms with Crippen molar-refractivity contribution in [3.8, 4) is 5.75 Å². The molecule has 86 valence electrons. The predicted molar refractivity (Wildman–Crippen MR) is 64.7 cm³/mol. The monoisotopic (exact) mass is 218 g/mol. The Hall–Kier alpha value is -1.28. The summed E-state index contributed by atoms with van der Waals surface area (Å²) >= 11 is 0. The third kappa shape index (κ3) is 2.45. The van der Waals surface area contributed by atoms with Crippen molar-refractivity contribution in [2.75, 3.05) is 7.11 Å². The SMILES string of the molecule is C=CC1CCCC(c2ccc(OC)cc2)O1. The molecule has 1 fully saturated rings. The van der Waals surface area contributed by atoms with Crippen LogP contribution in [-0.4, -0.2) is 13.2 Å². The van der Waals surface area contributed by atoms with Crippen molar-refractivity contribution in [2.45, 2.75) is 31.5 Å². The summed E-state index contributed by atoms with van der Waals surface area (Å²) in [5.41, 5.74) is 1.23. The Labute approximate surface area is 96.9 Å². The molecule has 1 heterocycles. The van der Waals surface area contributed by atoms with Gasteiger partial charge in [0.15, 0.2) is 0 Å². The van der Waals surface area contributed by atoms with Crippen LogP contribution >= 0.6 is 0 Å². The van der Waals surface area contributed by atoms with E-state index in [0.717, 1.165) is 18.6 Å². The molecule has 0 saturated carbocycles. The lowest BCUT2D eigenvalue weighted by molar-refractivity contribution is -0.0265. The van der Waals surface area contributed by atoms with Gasteiger partial charge in [-0.2, -0.15) is 0 Å². The van der Waals surface area contributed by atoms with Crippen LogP contribution in [0.1, 0.15) is 30.9 Å². The summed E-state index contributed by atoms with van der Waals surface area (Å²) in [5, 5.41) is 0. The van der Waals surface area contributed by atoms with E-state index < -0.39 is 0 Å². The van der Waals surface area contributed by atoms with Crippen LogP contribution in [0.25, 0.3) is 0 Å². The first-order valence-electron chi connectivity index (χ1n) is 5.75. The smallest absolute Gasteiger partial charge is 0.118 e. The average molecular weight is 218 g/mol. The van der Waals surface area contributed by atoms with Crippen molar-refractivity contribution in [3.63, 3.8) is 0 Å². The van der Waals surface area contributed by atoms with Crippen molar-refractivity contribution >= 4 is 0 Å². The number of ether oxygens (including phenoxy) is 2. The van der Waals surface area contributed by atoms with Gasteiger partial charge in [-0.1, -0.05) is 18.2 Å². The maximum Gasteiger partial charge on any atom is 0.118 e. The van der Waals surface area contributed by atoms with Crippen LogP contribution in [0.15, 0.2) is 36.9 Å². The summed E-state index contributed by atoms with van der Waals surface area (Å²) in [6, 6.07) is 8.12. The second-order valence-corrected chi connectivity index (χ2v) is 4.10. The first kappa shape index (κ1) is 11.2. The zero-order chi connectivity index (χ0) is 11.4. The number of methoxy groups -OCH3 is 1. The second-order valence-electron chi connectivity index (χ2n) is 4.10. The minimum absolute atomic E-state index is 0.209. The number of rotatable bonds is 3. The molecule has 16 heavy (non-hydrogen) atoms. The van der Waals surface area contributed by atoms with Crippen LogP contribution < -0.4 is 4.74 Å². The predicted octanol–water partition coefficient (Wildman–Crippen LogP) is 3.49. The minimum atomic E-state index is 0.209. The van der Waals surface area contributed by atoms with E-state index in [1.54, 1.807) is 7.11 Å². The molecule has 0 amide bonds. The lowest BCUT2D eigenvalue weighted by Gasteiger charge is -2.28. The number of benzene rings is 1. The molecule has 0 N–H and O–H groups in total. The van der Waals surface area contributed by atoms with Crippen LogP contribution in [0.4, 0.5) is 0 Å². The van der Waals surface area contributed by atoms with Crippen molar-refractivity contribution in [2.24, 2.45) is 0 Å². The fraction of sp³-hybridized carbons (Fsp3) is 0.429. The zero-order valence-electron chi connectivity index (χ0n) is 9.69. The van der Waals surface area contributed by atoms with E-state index in [1.807, 2.05) is 18.2 Å². The molecule has 0 bridgehead atoms. The molecular formula is C14H18O2. The highest BCUT2D eigenvalue weighted by molar-refractivity contribution is 5.28. The number of hydrogen-bond acceptors (Lipinski definition) is 2. The Morgan fingerprint density at radius 1 is 1.31 bits per heavy atom. The Morgan fingerprint density at radius 3 is 2.69 bits per heavy atom. The lowest BCUT2D eigenvalue weighted by atomic mass is 9.98. The van der Waals surface area contributed by atoms with Crippen LogP contribution in [0.5, 0.6) is 5.75 Å². The van der Waals surface area contributed by atoms with Crippen LogP contribution in [0, 0.1) is 0 Å². The molecule has 1 saturated heterocycles. The highest BCUT2D eigenvalue weighted by atomic mass is 16.5. The van der Waals surface area contributed by atoms with Crippen molar-refractivity contribution in [1.29, 1.82) is 0 Å². The summed E-state index contributed by atoms with van der Waals surface area (Å²) in [5.74, 6) is 0.889. The van der Waals surface area contributed by atoms with E-state index in [1.165, 1.54) is 12.0 Å². The maximum absolute atomic E-state index is 5.94. The highest BCUT2D eigenvalue weighted by Gasteiger charge is 2.21. The molecule has 2 nitrogen and oxygen atoms in total. The molecule has 0 aromatic heterocycles. The molecule has 1 aromatic rings. The minimum Gasteiger partial charge on any atom is -0.497 e. The molecular weight excluding hydrogens is 200 g/mol. The van der Waals surface area contributed by atoms with Crippen LogP contribution in [0.3, 0.4) is 0 Å². The van der Waals surface area contributed by atoms with Gasteiger partial charge in [0.1, 0.15) is 5.75 Å². The third-order valence-electron chi connectivity index (χ3n) is 3.04. The second kappa shape index (κ2) is 5.17. The van der Waals surface area contributed by atoms with Crippen molar-refractivity contribution in [3.05, 3.63) is 42.5 Å². The lowest BCUT2D eigenvalue weighted by Crippen LogP contribution is -2.20. The first-order chi connectivity index (χ1) is 7.83. The van der Waals surface area contributed by atoms with Gasteiger partial charge in [0.25, 0.3) is 0 Å². The Balaban J connectivity index is 2.07. The van der Waals surface area contributed by atoms with Gasteiger partial charge in [-0.3, -0.25) is 0 Å². The largest absolute Gasteiger partial charge is 0.497 e. The van der Waals surface area contributed by atoms with E-state index in [2.05, 4.69) is 18.7 Å². The fourth-order valence-electron chi connectivity index (χ4n) is 2.09.